The quantitative estimate of drug-likeness (QED) is 0.889. The highest BCUT2D eigenvalue weighted by Crippen LogP contribution is 2.32. The van der Waals surface area contributed by atoms with Crippen molar-refractivity contribution in [1.29, 1.82) is 0 Å². The molecule has 1 aliphatic rings. The predicted octanol–water partition coefficient (Wildman–Crippen LogP) is 2.00. The maximum atomic E-state index is 4.13. The molecular weight excluding hydrogens is 226 g/mol. The van der Waals surface area contributed by atoms with E-state index in [4.69, 9.17) is 0 Å². The van der Waals surface area contributed by atoms with E-state index in [1.54, 1.807) is 0 Å². The van der Waals surface area contributed by atoms with Crippen molar-refractivity contribution in [3.05, 3.63) is 5.82 Å². The number of nitrogens with one attached hydrogen (secondary N) is 1. The Bertz CT molecular complexity index is 379. The highest BCUT2D eigenvalue weighted by atomic mass is 15.5. The van der Waals surface area contributed by atoms with Gasteiger partial charge in [-0.25, -0.2) is 4.68 Å². The minimum atomic E-state index is 0.0947. The molecule has 0 bridgehead atoms. The van der Waals surface area contributed by atoms with Crippen LogP contribution in [0.1, 0.15) is 52.8 Å². The molecule has 1 aromatic heterocycles. The van der Waals surface area contributed by atoms with Crippen LogP contribution < -0.4 is 5.32 Å². The van der Waals surface area contributed by atoms with Crippen LogP contribution in [0.15, 0.2) is 0 Å². The van der Waals surface area contributed by atoms with Crippen molar-refractivity contribution in [2.24, 2.45) is 11.8 Å². The van der Waals surface area contributed by atoms with Gasteiger partial charge in [-0.3, -0.25) is 0 Å². The van der Waals surface area contributed by atoms with E-state index in [-0.39, 0.29) is 5.54 Å². The van der Waals surface area contributed by atoms with Gasteiger partial charge in [0.05, 0.1) is 6.54 Å². The smallest absolute Gasteiger partial charge is 0.165 e. The molecule has 2 atom stereocenters. The highest BCUT2D eigenvalue weighted by molar-refractivity contribution is 4.85. The van der Waals surface area contributed by atoms with Crippen LogP contribution in [0.25, 0.3) is 0 Å². The molecule has 1 aromatic rings. The highest BCUT2D eigenvalue weighted by Gasteiger charge is 2.25. The fourth-order valence-electron chi connectivity index (χ4n) is 2.55. The number of rotatable bonds is 4. The van der Waals surface area contributed by atoms with Crippen molar-refractivity contribution in [3.8, 4) is 0 Å². The van der Waals surface area contributed by atoms with Crippen LogP contribution in [0.4, 0.5) is 0 Å². The minimum Gasteiger partial charge on any atom is -0.305 e. The van der Waals surface area contributed by atoms with Crippen LogP contribution in [0.2, 0.25) is 0 Å². The molecule has 0 radical (unpaired) electrons. The Morgan fingerprint density at radius 1 is 1.33 bits per heavy atom. The lowest BCUT2D eigenvalue weighted by molar-refractivity contribution is 0.331. The molecule has 2 rings (SSSR count). The summed E-state index contributed by atoms with van der Waals surface area (Å²) in [5, 5.41) is 15.5. The van der Waals surface area contributed by atoms with Gasteiger partial charge in [-0.15, -0.1) is 5.10 Å². The van der Waals surface area contributed by atoms with Gasteiger partial charge < -0.3 is 5.32 Å². The maximum absolute atomic E-state index is 4.13. The number of hydrogen-bond donors (Lipinski definition) is 1. The summed E-state index contributed by atoms with van der Waals surface area (Å²) in [4.78, 5) is 0. The van der Waals surface area contributed by atoms with Gasteiger partial charge >= 0.3 is 0 Å². The summed E-state index contributed by atoms with van der Waals surface area (Å²) in [6, 6.07) is 0. The average molecular weight is 251 g/mol. The summed E-state index contributed by atoms with van der Waals surface area (Å²) < 4.78 is 1.98. The normalized spacial score (nSPS) is 24.7. The average Bonchev–Trinajstić information content (AvgIpc) is 2.86. The first kappa shape index (κ1) is 13.5. The monoisotopic (exact) mass is 251 g/mol. The van der Waals surface area contributed by atoms with E-state index in [1.807, 2.05) is 4.68 Å². The third kappa shape index (κ3) is 3.51. The van der Waals surface area contributed by atoms with E-state index in [0.717, 1.165) is 30.7 Å². The lowest BCUT2D eigenvalue weighted by Crippen LogP contribution is -2.36. The van der Waals surface area contributed by atoms with Crippen LogP contribution in [-0.2, 0) is 13.1 Å². The van der Waals surface area contributed by atoms with Crippen molar-refractivity contribution in [2.45, 2.75) is 65.6 Å². The number of hydrogen-bond acceptors (Lipinski definition) is 4. The summed E-state index contributed by atoms with van der Waals surface area (Å²) in [5.74, 6) is 2.49. The topological polar surface area (TPSA) is 55.6 Å². The maximum Gasteiger partial charge on any atom is 0.165 e. The molecule has 1 fully saturated rings. The molecule has 1 heterocycles. The molecule has 1 N–H and O–H groups in total. The molecule has 1 saturated carbocycles. The van der Waals surface area contributed by atoms with Crippen molar-refractivity contribution in [2.75, 3.05) is 0 Å². The van der Waals surface area contributed by atoms with Crippen LogP contribution in [-0.4, -0.2) is 25.7 Å². The molecular formula is C13H25N5. The molecule has 1 aliphatic carbocycles. The Balaban J connectivity index is 1.95. The van der Waals surface area contributed by atoms with E-state index in [0.29, 0.717) is 0 Å². The Labute approximate surface area is 109 Å². The van der Waals surface area contributed by atoms with E-state index < -0.39 is 0 Å². The fraction of sp³-hybridized carbons (Fsp3) is 0.923. The lowest BCUT2D eigenvalue weighted by atomic mass is 9.98. The number of tetrazole rings is 1. The van der Waals surface area contributed by atoms with Gasteiger partial charge in [-0.2, -0.15) is 0 Å². The molecule has 0 aromatic carbocycles. The first-order valence-electron chi connectivity index (χ1n) is 6.96. The lowest BCUT2D eigenvalue weighted by Gasteiger charge is -2.20. The number of aromatic nitrogens is 4. The summed E-state index contributed by atoms with van der Waals surface area (Å²) >= 11 is 0. The predicted molar refractivity (Wildman–Crippen MR) is 70.9 cm³/mol. The third-order valence-corrected chi connectivity index (χ3v) is 3.83. The molecule has 5 heteroatoms. The first-order valence-corrected chi connectivity index (χ1v) is 6.96. The molecule has 2 unspecified atom stereocenters. The summed E-state index contributed by atoms with van der Waals surface area (Å²) in [6.07, 6.45) is 4.01. The first-order chi connectivity index (χ1) is 8.46. The summed E-state index contributed by atoms with van der Waals surface area (Å²) in [6.45, 7) is 10.5. The van der Waals surface area contributed by atoms with Gasteiger partial charge in [-0.1, -0.05) is 19.8 Å². The molecule has 0 aliphatic heterocycles. The van der Waals surface area contributed by atoms with Crippen molar-refractivity contribution < 1.29 is 0 Å². The van der Waals surface area contributed by atoms with Crippen molar-refractivity contribution >= 4 is 0 Å². The third-order valence-electron chi connectivity index (χ3n) is 3.83. The Kier molecular flexibility index (Phi) is 4.00. The molecule has 0 amide bonds. The summed E-state index contributed by atoms with van der Waals surface area (Å²) in [5.41, 5.74) is 0.0947. The standard InChI is InChI=1S/C13H25N5/c1-10-6-5-7-11(10)9-18-12(15-16-17-18)8-14-13(2,3)4/h10-11,14H,5-9H2,1-4H3. The van der Waals surface area contributed by atoms with E-state index in [1.165, 1.54) is 19.3 Å². The van der Waals surface area contributed by atoms with Gasteiger partial charge in [-0.05, 0) is 49.5 Å². The van der Waals surface area contributed by atoms with Crippen LogP contribution in [0.3, 0.4) is 0 Å². The van der Waals surface area contributed by atoms with E-state index in [2.05, 4.69) is 48.5 Å². The second kappa shape index (κ2) is 5.34. The molecule has 5 nitrogen and oxygen atoms in total. The van der Waals surface area contributed by atoms with Gasteiger partial charge in [0.1, 0.15) is 0 Å². The Hall–Kier alpha value is -0.970. The van der Waals surface area contributed by atoms with Crippen LogP contribution in [0.5, 0.6) is 0 Å². The fourth-order valence-corrected chi connectivity index (χ4v) is 2.55. The van der Waals surface area contributed by atoms with E-state index in [9.17, 15) is 0 Å². The van der Waals surface area contributed by atoms with Crippen molar-refractivity contribution in [1.82, 2.24) is 25.5 Å². The minimum absolute atomic E-state index is 0.0947. The zero-order valence-corrected chi connectivity index (χ0v) is 12.0. The second-order valence-corrected chi connectivity index (χ2v) is 6.55. The summed E-state index contributed by atoms with van der Waals surface area (Å²) in [7, 11) is 0. The Morgan fingerprint density at radius 3 is 2.72 bits per heavy atom. The van der Waals surface area contributed by atoms with E-state index >= 15 is 0 Å². The molecule has 0 spiro atoms. The zero-order valence-electron chi connectivity index (χ0n) is 12.0. The Morgan fingerprint density at radius 2 is 2.11 bits per heavy atom. The van der Waals surface area contributed by atoms with Gasteiger partial charge in [0.25, 0.3) is 0 Å². The van der Waals surface area contributed by atoms with Gasteiger partial charge in [0.15, 0.2) is 5.82 Å². The molecule has 102 valence electrons. The van der Waals surface area contributed by atoms with Gasteiger partial charge in [0.2, 0.25) is 0 Å². The zero-order chi connectivity index (χ0) is 13.2. The van der Waals surface area contributed by atoms with Crippen LogP contribution in [0, 0.1) is 11.8 Å². The van der Waals surface area contributed by atoms with Crippen molar-refractivity contribution in [3.63, 3.8) is 0 Å². The molecule has 0 saturated heterocycles. The number of nitrogens with zero attached hydrogens (tertiary/aromatic N) is 4. The van der Waals surface area contributed by atoms with Gasteiger partial charge in [0, 0.05) is 12.1 Å². The largest absolute Gasteiger partial charge is 0.305 e. The molecule has 18 heavy (non-hydrogen) atoms. The second-order valence-electron chi connectivity index (χ2n) is 6.55. The SMILES string of the molecule is CC1CCCC1Cn1nnnc1CNC(C)(C)C. The van der Waals surface area contributed by atoms with Crippen LogP contribution >= 0.6 is 0 Å².